The molecule has 1 heterocycles. The monoisotopic (exact) mass is 308 g/mol. The van der Waals surface area contributed by atoms with Crippen LogP contribution in [0.2, 0.25) is 0 Å². The summed E-state index contributed by atoms with van der Waals surface area (Å²) in [5.41, 5.74) is 2.57. The lowest BCUT2D eigenvalue weighted by atomic mass is 9.83. The topological polar surface area (TPSA) is 24.9 Å². The van der Waals surface area contributed by atoms with Gasteiger partial charge < -0.3 is 5.32 Å². The minimum Gasteiger partial charge on any atom is -0.316 e. The van der Waals surface area contributed by atoms with Gasteiger partial charge in [0.15, 0.2) is 0 Å². The van der Waals surface area contributed by atoms with Gasteiger partial charge in [-0.1, -0.05) is 24.8 Å². The molecule has 0 bridgehead atoms. The molecule has 0 radical (unpaired) electrons. The fraction of sp³-hybridized carbons (Fsp3) is 0.533. The molecule has 0 aromatic carbocycles. The molecule has 98 valence electrons. The zero-order chi connectivity index (χ0) is 12.8. The largest absolute Gasteiger partial charge is 0.316 e. The Bertz CT molecular complexity index is 391. The summed E-state index contributed by atoms with van der Waals surface area (Å²) in [6, 6.07) is 4.12. The van der Waals surface area contributed by atoms with Crippen molar-refractivity contribution in [2.24, 2.45) is 5.92 Å². The third-order valence-electron chi connectivity index (χ3n) is 3.59. The van der Waals surface area contributed by atoms with Crippen molar-refractivity contribution in [1.82, 2.24) is 10.3 Å². The molecule has 1 fully saturated rings. The molecular formula is C15H21BrN2. The van der Waals surface area contributed by atoms with Crippen LogP contribution in [0.3, 0.4) is 0 Å². The molecule has 1 aliphatic carbocycles. The van der Waals surface area contributed by atoms with E-state index in [1.807, 2.05) is 13.2 Å². The van der Waals surface area contributed by atoms with E-state index in [9.17, 15) is 0 Å². The lowest BCUT2D eigenvalue weighted by Crippen LogP contribution is -2.19. The van der Waals surface area contributed by atoms with Crippen LogP contribution < -0.4 is 5.32 Å². The molecule has 0 saturated heterocycles. The molecule has 1 aromatic rings. The van der Waals surface area contributed by atoms with Crippen LogP contribution in [0.4, 0.5) is 0 Å². The third kappa shape index (κ3) is 3.92. The van der Waals surface area contributed by atoms with E-state index in [2.05, 4.69) is 44.4 Å². The van der Waals surface area contributed by atoms with Crippen LogP contribution in [0.15, 0.2) is 28.4 Å². The lowest BCUT2D eigenvalue weighted by molar-refractivity contribution is 0.398. The Kier molecular flexibility index (Phi) is 5.39. The Morgan fingerprint density at radius 2 is 2.17 bits per heavy atom. The highest BCUT2D eigenvalue weighted by atomic mass is 79.9. The molecule has 0 amide bonds. The summed E-state index contributed by atoms with van der Waals surface area (Å²) in [6.07, 6.45) is 11.0. The number of nitrogens with zero attached hydrogens (tertiary/aromatic N) is 1. The molecule has 0 aliphatic heterocycles. The number of halogens is 1. The van der Waals surface area contributed by atoms with Crippen molar-refractivity contribution in [3.05, 3.63) is 34.1 Å². The van der Waals surface area contributed by atoms with Gasteiger partial charge in [0.2, 0.25) is 0 Å². The zero-order valence-electron chi connectivity index (χ0n) is 11.0. The van der Waals surface area contributed by atoms with Crippen molar-refractivity contribution in [2.75, 3.05) is 13.6 Å². The van der Waals surface area contributed by atoms with Gasteiger partial charge in [0.1, 0.15) is 0 Å². The summed E-state index contributed by atoms with van der Waals surface area (Å²) in [7, 11) is 2.02. The Morgan fingerprint density at radius 3 is 2.78 bits per heavy atom. The van der Waals surface area contributed by atoms with Crippen LogP contribution in [0.1, 0.15) is 37.8 Å². The Balaban J connectivity index is 2.14. The first-order valence-electron chi connectivity index (χ1n) is 6.76. The molecule has 0 unspecified atom stereocenters. The first-order valence-corrected chi connectivity index (χ1v) is 7.55. The smallest absolute Gasteiger partial charge is 0.0630 e. The lowest BCUT2D eigenvalue weighted by Gasteiger charge is -2.24. The number of hydrogen-bond donors (Lipinski definition) is 1. The Hall–Kier alpha value is -0.670. The predicted octanol–water partition coefficient (Wildman–Crippen LogP) is 4.03. The van der Waals surface area contributed by atoms with Crippen LogP contribution in [0.25, 0.3) is 6.08 Å². The number of likely N-dealkylation sites (N-methyl/N-ethyl adjacent to an activating group) is 1. The minimum absolute atomic E-state index is 0.747. The van der Waals surface area contributed by atoms with E-state index in [4.69, 9.17) is 0 Å². The van der Waals surface area contributed by atoms with E-state index in [-0.39, 0.29) is 0 Å². The summed E-state index contributed by atoms with van der Waals surface area (Å²) in [6.45, 7) is 0.975. The SMILES string of the molecule is CNC/C(=C/c1ccc(Br)cn1)C1CCCCC1. The molecule has 2 nitrogen and oxygen atoms in total. The zero-order valence-corrected chi connectivity index (χ0v) is 12.5. The van der Waals surface area contributed by atoms with Gasteiger partial charge in [-0.05, 0) is 59.9 Å². The second kappa shape index (κ2) is 7.05. The van der Waals surface area contributed by atoms with Gasteiger partial charge in [-0.15, -0.1) is 0 Å². The molecule has 2 rings (SSSR count). The van der Waals surface area contributed by atoms with Crippen LogP contribution in [-0.2, 0) is 0 Å². The van der Waals surface area contributed by atoms with Crippen molar-refractivity contribution >= 4 is 22.0 Å². The molecule has 1 aromatic heterocycles. The fourth-order valence-electron chi connectivity index (χ4n) is 2.65. The van der Waals surface area contributed by atoms with Gasteiger partial charge in [0.25, 0.3) is 0 Å². The molecule has 0 atom stereocenters. The van der Waals surface area contributed by atoms with E-state index in [1.165, 1.54) is 37.7 Å². The summed E-state index contributed by atoms with van der Waals surface area (Å²) in [5, 5.41) is 3.29. The molecule has 3 heteroatoms. The average molecular weight is 309 g/mol. The summed E-state index contributed by atoms with van der Waals surface area (Å²) in [4.78, 5) is 4.44. The molecule has 18 heavy (non-hydrogen) atoms. The van der Waals surface area contributed by atoms with Gasteiger partial charge in [-0.2, -0.15) is 0 Å². The first kappa shape index (κ1) is 13.8. The fourth-order valence-corrected chi connectivity index (χ4v) is 2.89. The highest BCUT2D eigenvalue weighted by Crippen LogP contribution is 2.30. The van der Waals surface area contributed by atoms with E-state index in [1.54, 1.807) is 0 Å². The van der Waals surface area contributed by atoms with Crippen molar-refractivity contribution in [3.8, 4) is 0 Å². The maximum Gasteiger partial charge on any atom is 0.0630 e. The Labute approximate surface area is 118 Å². The van der Waals surface area contributed by atoms with Crippen molar-refractivity contribution < 1.29 is 0 Å². The summed E-state index contributed by atoms with van der Waals surface area (Å²) >= 11 is 3.42. The average Bonchev–Trinajstić information content (AvgIpc) is 2.42. The molecule has 1 saturated carbocycles. The molecule has 1 N–H and O–H groups in total. The maximum absolute atomic E-state index is 4.44. The van der Waals surface area contributed by atoms with Gasteiger partial charge in [0, 0.05) is 17.2 Å². The number of hydrogen-bond acceptors (Lipinski definition) is 2. The second-order valence-electron chi connectivity index (χ2n) is 4.99. The molecular weight excluding hydrogens is 288 g/mol. The van der Waals surface area contributed by atoms with Gasteiger partial charge in [-0.25, -0.2) is 0 Å². The predicted molar refractivity (Wildman–Crippen MR) is 80.4 cm³/mol. The van der Waals surface area contributed by atoms with E-state index in [0.717, 1.165) is 22.6 Å². The molecule has 0 spiro atoms. The number of rotatable bonds is 4. The number of nitrogens with one attached hydrogen (secondary N) is 1. The quantitative estimate of drug-likeness (QED) is 0.908. The van der Waals surface area contributed by atoms with Crippen LogP contribution in [-0.4, -0.2) is 18.6 Å². The van der Waals surface area contributed by atoms with Crippen LogP contribution >= 0.6 is 15.9 Å². The highest BCUT2D eigenvalue weighted by molar-refractivity contribution is 9.10. The summed E-state index contributed by atoms with van der Waals surface area (Å²) < 4.78 is 1.03. The van der Waals surface area contributed by atoms with E-state index in [0.29, 0.717) is 0 Å². The Morgan fingerprint density at radius 1 is 1.39 bits per heavy atom. The summed E-state index contributed by atoms with van der Waals surface area (Å²) in [5.74, 6) is 0.747. The highest BCUT2D eigenvalue weighted by Gasteiger charge is 2.17. The normalized spacial score (nSPS) is 18.0. The van der Waals surface area contributed by atoms with Gasteiger partial charge in [-0.3, -0.25) is 4.98 Å². The minimum atomic E-state index is 0.747. The third-order valence-corrected chi connectivity index (χ3v) is 4.06. The maximum atomic E-state index is 4.44. The van der Waals surface area contributed by atoms with Crippen molar-refractivity contribution in [2.45, 2.75) is 32.1 Å². The van der Waals surface area contributed by atoms with Crippen molar-refractivity contribution in [1.29, 1.82) is 0 Å². The first-order chi connectivity index (χ1) is 8.79. The second-order valence-corrected chi connectivity index (χ2v) is 5.90. The van der Waals surface area contributed by atoms with Crippen LogP contribution in [0.5, 0.6) is 0 Å². The van der Waals surface area contributed by atoms with E-state index >= 15 is 0 Å². The number of pyridine rings is 1. The van der Waals surface area contributed by atoms with Gasteiger partial charge in [0.05, 0.1) is 5.69 Å². The molecule has 1 aliphatic rings. The van der Waals surface area contributed by atoms with Crippen molar-refractivity contribution in [3.63, 3.8) is 0 Å². The van der Waals surface area contributed by atoms with E-state index < -0.39 is 0 Å². The van der Waals surface area contributed by atoms with Gasteiger partial charge >= 0.3 is 0 Å². The standard InChI is InChI=1S/C15H21BrN2/c1-17-10-13(12-5-3-2-4-6-12)9-15-8-7-14(16)11-18-15/h7-9,11-12,17H,2-6,10H2,1H3/b13-9-. The van der Waals surface area contributed by atoms with Crippen LogP contribution in [0, 0.1) is 5.92 Å². The number of aromatic nitrogens is 1.